The minimum absolute atomic E-state index is 0.0425. The van der Waals surface area contributed by atoms with E-state index in [1.54, 1.807) is 11.3 Å². The van der Waals surface area contributed by atoms with Crippen molar-refractivity contribution in [3.63, 3.8) is 0 Å². The number of nitrogens with two attached hydrogens (primary N) is 1. The number of nitrogens with zero attached hydrogens (tertiary/aromatic N) is 1. The smallest absolute Gasteiger partial charge is 0.227 e. The van der Waals surface area contributed by atoms with Gasteiger partial charge in [0.2, 0.25) is 5.91 Å². The molecule has 1 aromatic heterocycles. The number of hydrogen-bond acceptors (Lipinski definition) is 4. The fraction of sp³-hybridized carbons (Fsp3) is 0.667. The van der Waals surface area contributed by atoms with Crippen LogP contribution in [0.1, 0.15) is 37.3 Å². The molecule has 0 spiro atoms. The average Bonchev–Trinajstić information content (AvgIpc) is 2.57. The van der Waals surface area contributed by atoms with E-state index in [-0.39, 0.29) is 11.9 Å². The number of anilines is 1. The van der Waals surface area contributed by atoms with Crippen molar-refractivity contribution in [2.45, 2.75) is 45.6 Å². The number of fused-ring (bicyclic) bond motifs is 1. The molecule has 0 bridgehead atoms. The first-order valence-corrected chi connectivity index (χ1v) is 6.90. The van der Waals surface area contributed by atoms with E-state index in [1.807, 2.05) is 6.92 Å². The number of carbonyl (C=O) groups excluding carboxylic acids is 1. The number of aromatic nitrogens is 1. The van der Waals surface area contributed by atoms with Crippen LogP contribution in [0.15, 0.2) is 0 Å². The molecule has 1 amide bonds. The van der Waals surface area contributed by atoms with Gasteiger partial charge in [0.15, 0.2) is 5.13 Å². The van der Waals surface area contributed by atoms with Crippen molar-refractivity contribution >= 4 is 22.4 Å². The molecule has 1 aromatic rings. The van der Waals surface area contributed by atoms with Crippen LogP contribution in [-0.2, 0) is 17.6 Å². The third-order valence-electron chi connectivity index (χ3n) is 2.94. The molecule has 0 radical (unpaired) electrons. The number of thiazole rings is 1. The Morgan fingerprint density at radius 1 is 1.71 bits per heavy atom. The van der Waals surface area contributed by atoms with Gasteiger partial charge in [0, 0.05) is 17.3 Å². The van der Waals surface area contributed by atoms with Gasteiger partial charge in [0.25, 0.3) is 0 Å². The Morgan fingerprint density at radius 3 is 3.18 bits per heavy atom. The highest BCUT2D eigenvalue weighted by atomic mass is 32.1. The second kappa shape index (κ2) is 5.14. The molecule has 1 heterocycles. The minimum atomic E-state index is -0.107. The fourth-order valence-corrected chi connectivity index (χ4v) is 3.24. The first kappa shape index (κ1) is 12.5. The quantitative estimate of drug-likeness (QED) is 0.865. The van der Waals surface area contributed by atoms with Gasteiger partial charge in [-0.1, -0.05) is 6.92 Å². The summed E-state index contributed by atoms with van der Waals surface area (Å²) in [5, 5.41) is 3.57. The summed E-state index contributed by atoms with van der Waals surface area (Å²) < 4.78 is 0. The Hall–Kier alpha value is -0.940. The molecular formula is C12H19N3OS. The van der Waals surface area contributed by atoms with Crippen molar-refractivity contribution < 1.29 is 4.79 Å². The summed E-state index contributed by atoms with van der Waals surface area (Å²) in [6.45, 7) is 4.09. The Labute approximate surface area is 106 Å². The molecule has 2 atom stereocenters. The van der Waals surface area contributed by atoms with Crippen LogP contribution in [-0.4, -0.2) is 16.9 Å². The van der Waals surface area contributed by atoms with E-state index in [4.69, 9.17) is 5.73 Å². The molecule has 1 aliphatic rings. The lowest BCUT2D eigenvalue weighted by Gasteiger charge is -2.15. The molecule has 0 aromatic carbocycles. The van der Waals surface area contributed by atoms with Crippen molar-refractivity contribution in [1.29, 1.82) is 0 Å². The summed E-state index contributed by atoms with van der Waals surface area (Å²) in [5.74, 6) is 0.690. The lowest BCUT2D eigenvalue weighted by atomic mass is 9.93. The highest BCUT2D eigenvalue weighted by Crippen LogP contribution is 2.32. The van der Waals surface area contributed by atoms with Crippen LogP contribution in [0.25, 0.3) is 0 Å². The summed E-state index contributed by atoms with van der Waals surface area (Å²) in [5.41, 5.74) is 6.76. The number of aryl methyl sites for hydroxylation is 1. The van der Waals surface area contributed by atoms with Crippen LogP contribution < -0.4 is 11.1 Å². The highest BCUT2D eigenvalue weighted by molar-refractivity contribution is 7.15. The molecule has 94 valence electrons. The van der Waals surface area contributed by atoms with Crippen molar-refractivity contribution in [1.82, 2.24) is 4.98 Å². The molecule has 2 unspecified atom stereocenters. The van der Waals surface area contributed by atoms with Crippen LogP contribution in [0, 0.1) is 5.92 Å². The van der Waals surface area contributed by atoms with E-state index in [0.29, 0.717) is 6.42 Å². The number of hydrogen-bond donors (Lipinski definition) is 2. The Kier molecular flexibility index (Phi) is 3.79. The summed E-state index contributed by atoms with van der Waals surface area (Å²) in [6, 6.07) is -0.107. The maximum atomic E-state index is 11.6. The Bertz CT molecular complexity index is 414. The molecule has 0 aliphatic heterocycles. The van der Waals surface area contributed by atoms with E-state index >= 15 is 0 Å². The van der Waals surface area contributed by atoms with E-state index in [1.165, 1.54) is 17.0 Å². The van der Waals surface area contributed by atoms with Crippen molar-refractivity contribution in [3.05, 3.63) is 10.6 Å². The van der Waals surface area contributed by atoms with Gasteiger partial charge in [-0.2, -0.15) is 0 Å². The highest BCUT2D eigenvalue weighted by Gasteiger charge is 2.20. The summed E-state index contributed by atoms with van der Waals surface area (Å²) in [6.07, 6.45) is 3.68. The largest absolute Gasteiger partial charge is 0.327 e. The SMILES string of the molecule is CC(N)CC(=O)Nc1nc2c(s1)CC(C)CC2. The van der Waals surface area contributed by atoms with E-state index in [9.17, 15) is 4.79 Å². The van der Waals surface area contributed by atoms with Gasteiger partial charge in [-0.3, -0.25) is 4.79 Å². The molecule has 5 heteroatoms. The van der Waals surface area contributed by atoms with Crippen molar-refractivity contribution in [2.75, 3.05) is 5.32 Å². The van der Waals surface area contributed by atoms with Crippen LogP contribution in [0.3, 0.4) is 0 Å². The van der Waals surface area contributed by atoms with Crippen LogP contribution >= 0.6 is 11.3 Å². The third-order valence-corrected chi connectivity index (χ3v) is 3.98. The third kappa shape index (κ3) is 3.26. The molecule has 3 N–H and O–H groups in total. The van der Waals surface area contributed by atoms with Gasteiger partial charge < -0.3 is 11.1 Å². The molecule has 1 aliphatic carbocycles. The molecule has 0 saturated carbocycles. The maximum absolute atomic E-state index is 11.6. The predicted octanol–water partition coefficient (Wildman–Crippen LogP) is 1.94. The topological polar surface area (TPSA) is 68.0 Å². The molecule has 2 rings (SSSR count). The van der Waals surface area contributed by atoms with Crippen LogP contribution in [0.4, 0.5) is 5.13 Å². The first-order chi connectivity index (χ1) is 8.04. The fourth-order valence-electron chi connectivity index (χ4n) is 2.06. The number of rotatable bonds is 3. The lowest BCUT2D eigenvalue weighted by Crippen LogP contribution is -2.23. The van der Waals surface area contributed by atoms with Crippen LogP contribution in [0.2, 0.25) is 0 Å². The maximum Gasteiger partial charge on any atom is 0.227 e. The molecule has 0 fully saturated rings. The molecule has 4 nitrogen and oxygen atoms in total. The predicted molar refractivity (Wildman–Crippen MR) is 70.2 cm³/mol. The summed E-state index contributed by atoms with van der Waals surface area (Å²) in [4.78, 5) is 17.4. The first-order valence-electron chi connectivity index (χ1n) is 6.08. The van der Waals surface area contributed by atoms with Crippen molar-refractivity contribution in [2.24, 2.45) is 11.7 Å². The molecule has 17 heavy (non-hydrogen) atoms. The second-order valence-electron chi connectivity index (χ2n) is 4.97. The van der Waals surface area contributed by atoms with Gasteiger partial charge in [-0.05, 0) is 32.1 Å². The lowest BCUT2D eigenvalue weighted by molar-refractivity contribution is -0.116. The zero-order valence-electron chi connectivity index (χ0n) is 10.3. The van der Waals surface area contributed by atoms with E-state index in [2.05, 4.69) is 17.2 Å². The number of amides is 1. The van der Waals surface area contributed by atoms with Gasteiger partial charge in [0.1, 0.15) is 0 Å². The van der Waals surface area contributed by atoms with Crippen molar-refractivity contribution in [3.8, 4) is 0 Å². The number of nitrogens with one attached hydrogen (secondary N) is 1. The van der Waals surface area contributed by atoms with Gasteiger partial charge in [-0.25, -0.2) is 4.98 Å². The van der Waals surface area contributed by atoms with Crippen LogP contribution in [0.5, 0.6) is 0 Å². The van der Waals surface area contributed by atoms with Gasteiger partial charge in [-0.15, -0.1) is 11.3 Å². The Morgan fingerprint density at radius 2 is 2.47 bits per heavy atom. The van der Waals surface area contributed by atoms with Gasteiger partial charge in [0.05, 0.1) is 5.69 Å². The van der Waals surface area contributed by atoms with E-state index in [0.717, 1.165) is 23.9 Å². The minimum Gasteiger partial charge on any atom is -0.327 e. The normalized spacial score (nSPS) is 20.8. The standard InChI is InChI=1S/C12H19N3OS/c1-7-3-4-9-10(5-7)17-12(14-9)15-11(16)6-8(2)13/h7-8H,3-6,13H2,1-2H3,(H,14,15,16). The Balaban J connectivity index is 2.01. The number of carbonyl (C=O) groups is 1. The monoisotopic (exact) mass is 253 g/mol. The van der Waals surface area contributed by atoms with E-state index < -0.39 is 0 Å². The average molecular weight is 253 g/mol. The summed E-state index contributed by atoms with van der Waals surface area (Å²) >= 11 is 1.61. The molecular weight excluding hydrogens is 234 g/mol. The zero-order chi connectivity index (χ0) is 12.4. The van der Waals surface area contributed by atoms with Gasteiger partial charge >= 0.3 is 0 Å². The molecule has 0 saturated heterocycles. The summed E-state index contributed by atoms with van der Waals surface area (Å²) in [7, 11) is 0. The second-order valence-corrected chi connectivity index (χ2v) is 6.05. The zero-order valence-corrected chi connectivity index (χ0v) is 11.1.